The highest BCUT2D eigenvalue weighted by Crippen LogP contribution is 2.35. The number of halogens is 1. The van der Waals surface area contributed by atoms with Crippen molar-refractivity contribution < 1.29 is 30.7 Å². The summed E-state index contributed by atoms with van der Waals surface area (Å²) in [5.74, 6) is -0.155. The Morgan fingerprint density at radius 1 is 0.796 bits per heavy atom. The number of benzene rings is 4. The van der Waals surface area contributed by atoms with E-state index >= 15 is 0 Å². The third kappa shape index (κ3) is 9.09. The lowest BCUT2D eigenvalue weighted by molar-refractivity contribution is -0.114. The van der Waals surface area contributed by atoms with Crippen molar-refractivity contribution in [3.63, 3.8) is 0 Å². The van der Waals surface area contributed by atoms with Gasteiger partial charge in [-0.1, -0.05) is 37.6 Å². The lowest BCUT2D eigenvalue weighted by Crippen LogP contribution is -2.07. The molecule has 254 valence electrons. The Hall–Kier alpha value is -5.07. The van der Waals surface area contributed by atoms with E-state index in [1.807, 2.05) is 24.3 Å². The Bertz CT molecular complexity index is 2320. The van der Waals surface area contributed by atoms with Gasteiger partial charge in [0.15, 0.2) is 0 Å². The second-order valence-electron chi connectivity index (χ2n) is 10.7. The minimum Gasteiger partial charge on any atom is -0.324 e. The van der Waals surface area contributed by atoms with Gasteiger partial charge in [-0.15, -0.1) is 5.11 Å². The summed E-state index contributed by atoms with van der Waals surface area (Å²) in [7, 11) is -9.64. The molecule has 0 atom stereocenters. The first kappa shape index (κ1) is 35.2. The SMILES string of the molecule is CCCCc1cccc(Nc2nc(Cl)nc(Nc3ccc(N=Nc4cc(S(=O)(=O)O)c5cccc(S(=O)(=O)O)c5c4)c(NC(C)=O)c3)n2)c1. The predicted octanol–water partition coefficient (Wildman–Crippen LogP) is 7.38. The van der Waals surface area contributed by atoms with Crippen molar-refractivity contribution in [2.75, 3.05) is 16.0 Å². The number of carbonyl (C=O) groups excluding carboxylic acids is 1. The topological polar surface area (TPSA) is 225 Å². The largest absolute Gasteiger partial charge is 0.324 e. The van der Waals surface area contributed by atoms with E-state index in [0.29, 0.717) is 5.69 Å². The number of aromatic nitrogens is 3. The van der Waals surface area contributed by atoms with Crippen LogP contribution >= 0.6 is 11.6 Å². The maximum Gasteiger partial charge on any atom is 0.295 e. The first-order chi connectivity index (χ1) is 23.2. The second-order valence-corrected chi connectivity index (χ2v) is 13.8. The van der Waals surface area contributed by atoms with Crippen molar-refractivity contribution in [3.05, 3.63) is 83.6 Å². The molecule has 0 saturated heterocycles. The quantitative estimate of drug-likeness (QED) is 0.0628. The third-order valence-corrected chi connectivity index (χ3v) is 8.88. The predicted molar refractivity (Wildman–Crippen MR) is 185 cm³/mol. The van der Waals surface area contributed by atoms with Crippen molar-refractivity contribution in [1.29, 1.82) is 0 Å². The summed E-state index contributed by atoms with van der Waals surface area (Å²) in [6, 6.07) is 18.1. The highest BCUT2D eigenvalue weighted by molar-refractivity contribution is 7.86. The summed E-state index contributed by atoms with van der Waals surface area (Å²) in [5.41, 5.74) is 2.47. The average molecular weight is 725 g/mol. The van der Waals surface area contributed by atoms with Crippen LogP contribution in [-0.2, 0) is 31.5 Å². The van der Waals surface area contributed by atoms with Gasteiger partial charge in [-0.25, -0.2) is 0 Å². The normalized spacial score (nSPS) is 11.9. The highest BCUT2D eigenvalue weighted by Gasteiger charge is 2.21. The molecule has 0 bridgehead atoms. The van der Waals surface area contributed by atoms with Crippen LogP contribution in [0.1, 0.15) is 32.3 Å². The molecule has 5 rings (SSSR count). The number of amides is 1. The zero-order valence-electron chi connectivity index (χ0n) is 25.9. The van der Waals surface area contributed by atoms with E-state index in [1.165, 1.54) is 37.3 Å². The van der Waals surface area contributed by atoms with Crippen LogP contribution in [-0.4, -0.2) is 46.8 Å². The number of unbranched alkanes of at least 4 members (excludes halogenated alkanes) is 1. The number of nitrogens with zero attached hydrogens (tertiary/aromatic N) is 5. The summed E-state index contributed by atoms with van der Waals surface area (Å²) in [6.07, 6.45) is 3.07. The first-order valence-corrected chi connectivity index (χ1v) is 17.8. The van der Waals surface area contributed by atoms with Gasteiger partial charge in [0.05, 0.1) is 11.4 Å². The van der Waals surface area contributed by atoms with Crippen LogP contribution in [0.5, 0.6) is 0 Å². The molecule has 1 heterocycles. The molecule has 18 heteroatoms. The van der Waals surface area contributed by atoms with Crippen molar-refractivity contribution in [3.8, 4) is 0 Å². The molecule has 5 N–H and O–H groups in total. The third-order valence-electron chi connectivity index (χ3n) is 6.91. The average Bonchev–Trinajstić information content (AvgIpc) is 3.01. The number of aryl methyl sites for hydroxylation is 1. The molecule has 0 spiro atoms. The van der Waals surface area contributed by atoms with Crippen molar-refractivity contribution in [2.24, 2.45) is 10.2 Å². The van der Waals surface area contributed by atoms with Gasteiger partial charge in [0.25, 0.3) is 20.2 Å². The van der Waals surface area contributed by atoms with E-state index in [9.17, 15) is 30.7 Å². The fraction of sp³-hybridized carbons (Fsp3) is 0.161. The van der Waals surface area contributed by atoms with Gasteiger partial charge in [-0.05, 0) is 78.5 Å². The summed E-state index contributed by atoms with van der Waals surface area (Å²) in [6.45, 7) is 3.41. The molecule has 1 aromatic heterocycles. The van der Waals surface area contributed by atoms with Crippen molar-refractivity contribution in [2.45, 2.75) is 42.9 Å². The van der Waals surface area contributed by atoms with Crippen LogP contribution in [0.25, 0.3) is 10.8 Å². The molecule has 0 aliphatic carbocycles. The molecule has 0 saturated carbocycles. The summed E-state index contributed by atoms with van der Waals surface area (Å²) in [5, 5.41) is 16.5. The number of rotatable bonds is 12. The van der Waals surface area contributed by atoms with Crippen molar-refractivity contribution in [1.82, 2.24) is 15.0 Å². The van der Waals surface area contributed by atoms with Crippen LogP contribution in [0, 0.1) is 0 Å². The molecule has 0 radical (unpaired) electrons. The molecule has 49 heavy (non-hydrogen) atoms. The fourth-order valence-electron chi connectivity index (χ4n) is 4.81. The monoisotopic (exact) mass is 724 g/mol. The molecular formula is C31H29ClN8O7S2. The van der Waals surface area contributed by atoms with Gasteiger partial charge in [0, 0.05) is 29.1 Å². The zero-order chi connectivity index (χ0) is 35.3. The number of fused-ring (bicyclic) bond motifs is 1. The summed E-state index contributed by atoms with van der Waals surface area (Å²) < 4.78 is 67.9. The molecule has 0 aliphatic rings. The Labute approximate surface area is 286 Å². The van der Waals surface area contributed by atoms with E-state index in [-0.39, 0.29) is 45.0 Å². The van der Waals surface area contributed by atoms with Gasteiger partial charge >= 0.3 is 0 Å². The van der Waals surface area contributed by atoms with Gasteiger partial charge in [0.1, 0.15) is 15.5 Å². The number of nitrogens with one attached hydrogen (secondary N) is 3. The maximum atomic E-state index is 12.2. The molecule has 0 unspecified atom stereocenters. The Morgan fingerprint density at radius 2 is 1.47 bits per heavy atom. The molecule has 0 aliphatic heterocycles. The van der Waals surface area contributed by atoms with E-state index < -0.39 is 35.9 Å². The molecular weight excluding hydrogens is 696 g/mol. The molecule has 0 fully saturated rings. The van der Waals surface area contributed by atoms with Crippen LogP contribution in [0.3, 0.4) is 0 Å². The standard InChI is InChI=1S/C31H29ClN8O7S2/c1-3-4-7-19-8-5-9-20(14-19)34-30-36-29(32)37-31(38-30)35-21-12-13-25(26(16-21)33-18(2)41)40-39-22-15-24-23(28(17-22)49(45,46)47)10-6-11-27(24)48(42,43)44/h5-6,8-17H,3-4,7H2,1-2H3,(H,33,41)(H,42,43,44)(H,45,46,47)(H2,34,35,36,37,38). The van der Waals surface area contributed by atoms with Gasteiger partial charge < -0.3 is 16.0 Å². The molecule has 5 aromatic rings. The number of hydrogen-bond acceptors (Lipinski definition) is 12. The smallest absolute Gasteiger partial charge is 0.295 e. The Morgan fingerprint density at radius 3 is 2.12 bits per heavy atom. The fourth-order valence-corrected chi connectivity index (χ4v) is 6.40. The van der Waals surface area contributed by atoms with E-state index in [0.717, 1.165) is 42.6 Å². The summed E-state index contributed by atoms with van der Waals surface area (Å²) in [4.78, 5) is 23.5. The van der Waals surface area contributed by atoms with Gasteiger partial charge in [0.2, 0.25) is 23.1 Å². The molecule has 1 amide bonds. The minimum absolute atomic E-state index is 0.0774. The van der Waals surface area contributed by atoms with Crippen LogP contribution < -0.4 is 16.0 Å². The Kier molecular flexibility index (Phi) is 10.5. The van der Waals surface area contributed by atoms with Gasteiger partial charge in [-0.3, -0.25) is 13.9 Å². The number of anilines is 5. The lowest BCUT2D eigenvalue weighted by Gasteiger charge is -2.12. The highest BCUT2D eigenvalue weighted by atomic mass is 35.5. The van der Waals surface area contributed by atoms with Crippen LogP contribution in [0.15, 0.2) is 92.8 Å². The van der Waals surface area contributed by atoms with Crippen LogP contribution in [0.4, 0.5) is 40.3 Å². The minimum atomic E-state index is -4.86. The lowest BCUT2D eigenvalue weighted by atomic mass is 10.1. The van der Waals surface area contributed by atoms with E-state index in [2.05, 4.69) is 48.1 Å². The molecule has 15 nitrogen and oxygen atoms in total. The zero-order valence-corrected chi connectivity index (χ0v) is 28.3. The Balaban J connectivity index is 1.46. The maximum absolute atomic E-state index is 12.2. The molecule has 4 aromatic carbocycles. The second kappa shape index (κ2) is 14.6. The van der Waals surface area contributed by atoms with Gasteiger partial charge in [-0.2, -0.15) is 36.9 Å². The van der Waals surface area contributed by atoms with E-state index in [4.69, 9.17) is 11.6 Å². The van der Waals surface area contributed by atoms with Crippen LogP contribution in [0.2, 0.25) is 5.28 Å². The first-order valence-electron chi connectivity index (χ1n) is 14.6. The van der Waals surface area contributed by atoms with E-state index in [1.54, 1.807) is 6.07 Å². The number of azo groups is 1. The number of carbonyl (C=O) groups is 1. The number of hydrogen-bond donors (Lipinski definition) is 5. The summed E-state index contributed by atoms with van der Waals surface area (Å²) >= 11 is 6.19. The van der Waals surface area contributed by atoms with Crippen molar-refractivity contribution >= 4 is 88.9 Å².